The molecule has 1 rings (SSSR count). The van der Waals surface area contributed by atoms with Crippen LogP contribution in [0.25, 0.3) is 0 Å². The summed E-state index contributed by atoms with van der Waals surface area (Å²) in [7, 11) is 1.40. The zero-order chi connectivity index (χ0) is 14.1. The first kappa shape index (κ1) is 15.8. The molecule has 0 N–H and O–H groups in total. The maximum Gasteiger partial charge on any atom is 0.319 e. The predicted octanol–water partition coefficient (Wildman–Crippen LogP) is 2.60. The third kappa shape index (κ3) is 6.45. The van der Waals surface area contributed by atoms with Crippen LogP contribution in [0.2, 0.25) is 5.02 Å². The van der Waals surface area contributed by atoms with E-state index in [1.54, 1.807) is 12.1 Å². The van der Waals surface area contributed by atoms with Gasteiger partial charge in [-0.3, -0.25) is 9.69 Å². The van der Waals surface area contributed by atoms with Crippen molar-refractivity contribution in [2.24, 2.45) is 0 Å². The lowest BCUT2D eigenvalue weighted by Gasteiger charge is -2.20. The normalized spacial score (nSPS) is 10.5. The molecule has 1 aromatic carbocycles. The Kier molecular flexibility index (Phi) is 7.30. The van der Waals surface area contributed by atoms with Crippen LogP contribution in [-0.2, 0) is 9.53 Å². The molecule has 0 saturated heterocycles. The van der Waals surface area contributed by atoms with Crippen LogP contribution in [0.5, 0.6) is 5.75 Å². The number of ether oxygens (including phenoxy) is 2. The Morgan fingerprint density at radius 3 is 2.53 bits per heavy atom. The molecule has 0 fully saturated rings. The van der Waals surface area contributed by atoms with Crippen LogP contribution in [0.4, 0.5) is 0 Å². The highest BCUT2D eigenvalue weighted by Crippen LogP contribution is 2.15. The Morgan fingerprint density at radius 2 is 1.95 bits per heavy atom. The first-order valence-electron chi connectivity index (χ1n) is 6.33. The molecule has 106 valence electrons. The Morgan fingerprint density at radius 1 is 1.26 bits per heavy atom. The molecule has 0 spiro atoms. The summed E-state index contributed by atoms with van der Waals surface area (Å²) in [5.74, 6) is 0.554. The number of benzene rings is 1. The van der Waals surface area contributed by atoms with Gasteiger partial charge in [0.25, 0.3) is 0 Å². The lowest BCUT2D eigenvalue weighted by molar-refractivity contribution is -0.142. The second-order valence-corrected chi connectivity index (χ2v) is 4.59. The largest absolute Gasteiger partial charge is 0.492 e. The lowest BCUT2D eigenvalue weighted by atomic mass is 10.3. The van der Waals surface area contributed by atoms with Crippen LogP contribution in [0, 0.1) is 0 Å². The summed E-state index contributed by atoms with van der Waals surface area (Å²) in [6.07, 6.45) is 0.984. The van der Waals surface area contributed by atoms with Gasteiger partial charge in [0.05, 0.1) is 13.7 Å². The lowest BCUT2D eigenvalue weighted by Crippen LogP contribution is -2.34. The minimum atomic E-state index is -0.222. The molecule has 0 saturated carbocycles. The molecule has 0 unspecified atom stereocenters. The number of hydrogen-bond acceptors (Lipinski definition) is 4. The highest BCUT2D eigenvalue weighted by atomic mass is 35.5. The van der Waals surface area contributed by atoms with Gasteiger partial charge in [-0.05, 0) is 37.2 Å². The molecule has 5 heteroatoms. The van der Waals surface area contributed by atoms with Crippen molar-refractivity contribution in [1.82, 2.24) is 4.90 Å². The average Bonchev–Trinajstić information content (AvgIpc) is 2.41. The summed E-state index contributed by atoms with van der Waals surface area (Å²) in [6, 6.07) is 7.23. The highest BCUT2D eigenvalue weighted by Gasteiger charge is 2.09. The number of carbonyl (C=O) groups excluding carboxylic acids is 1. The van der Waals surface area contributed by atoms with E-state index in [9.17, 15) is 4.79 Å². The van der Waals surface area contributed by atoms with Gasteiger partial charge in [0.1, 0.15) is 12.4 Å². The molecule has 0 aliphatic rings. The third-order valence-corrected chi connectivity index (χ3v) is 2.86. The molecular weight excluding hydrogens is 266 g/mol. The van der Waals surface area contributed by atoms with Crippen LogP contribution in [0.15, 0.2) is 24.3 Å². The van der Waals surface area contributed by atoms with E-state index < -0.39 is 0 Å². The molecule has 0 heterocycles. The Bertz CT molecular complexity index is 381. The summed E-state index contributed by atoms with van der Waals surface area (Å²) in [6.45, 7) is 4.43. The molecular formula is C14H20ClNO3. The zero-order valence-corrected chi connectivity index (χ0v) is 12.2. The summed E-state index contributed by atoms with van der Waals surface area (Å²) < 4.78 is 10.3. The fourth-order valence-electron chi connectivity index (χ4n) is 1.66. The number of carbonyl (C=O) groups is 1. The summed E-state index contributed by atoms with van der Waals surface area (Å²) in [4.78, 5) is 13.3. The second kappa shape index (κ2) is 8.77. The molecule has 1 aromatic rings. The third-order valence-electron chi connectivity index (χ3n) is 2.61. The van der Waals surface area contributed by atoms with Crippen molar-refractivity contribution < 1.29 is 14.3 Å². The van der Waals surface area contributed by atoms with Crippen LogP contribution < -0.4 is 4.74 Å². The van der Waals surface area contributed by atoms with Gasteiger partial charge in [0.2, 0.25) is 0 Å². The minimum absolute atomic E-state index is 0.222. The van der Waals surface area contributed by atoms with E-state index in [2.05, 4.69) is 11.7 Å². The molecule has 0 aliphatic carbocycles. The van der Waals surface area contributed by atoms with Crippen molar-refractivity contribution >= 4 is 17.6 Å². The molecule has 0 radical (unpaired) electrons. The molecule has 0 bridgehead atoms. The van der Waals surface area contributed by atoms with E-state index >= 15 is 0 Å². The molecule has 19 heavy (non-hydrogen) atoms. The van der Waals surface area contributed by atoms with Crippen LogP contribution in [0.3, 0.4) is 0 Å². The van der Waals surface area contributed by atoms with E-state index in [-0.39, 0.29) is 5.97 Å². The van der Waals surface area contributed by atoms with Gasteiger partial charge in [-0.15, -0.1) is 0 Å². The number of rotatable bonds is 8. The first-order valence-corrected chi connectivity index (χ1v) is 6.71. The Hall–Kier alpha value is -1.26. The van der Waals surface area contributed by atoms with E-state index in [1.165, 1.54) is 7.11 Å². The van der Waals surface area contributed by atoms with Crippen LogP contribution >= 0.6 is 11.6 Å². The number of esters is 1. The van der Waals surface area contributed by atoms with E-state index in [4.69, 9.17) is 16.3 Å². The number of halogens is 1. The maximum atomic E-state index is 11.2. The SMILES string of the molecule is CCCN(CCOc1ccc(Cl)cc1)CC(=O)OC. The topological polar surface area (TPSA) is 38.8 Å². The summed E-state index contributed by atoms with van der Waals surface area (Å²) in [5.41, 5.74) is 0. The van der Waals surface area contributed by atoms with Gasteiger partial charge in [-0.2, -0.15) is 0 Å². The van der Waals surface area contributed by atoms with Crippen molar-refractivity contribution in [2.75, 3.05) is 33.4 Å². The standard InChI is InChI=1S/C14H20ClNO3/c1-3-8-16(11-14(17)18-2)9-10-19-13-6-4-12(15)5-7-13/h4-7H,3,8-11H2,1-2H3. The monoisotopic (exact) mass is 285 g/mol. The number of hydrogen-bond donors (Lipinski definition) is 0. The fraction of sp³-hybridized carbons (Fsp3) is 0.500. The van der Waals surface area contributed by atoms with E-state index in [0.29, 0.717) is 24.7 Å². The highest BCUT2D eigenvalue weighted by molar-refractivity contribution is 6.30. The van der Waals surface area contributed by atoms with Crippen molar-refractivity contribution in [3.8, 4) is 5.75 Å². The minimum Gasteiger partial charge on any atom is -0.492 e. The van der Waals surface area contributed by atoms with Crippen LogP contribution in [0.1, 0.15) is 13.3 Å². The van der Waals surface area contributed by atoms with E-state index in [0.717, 1.165) is 18.7 Å². The second-order valence-electron chi connectivity index (χ2n) is 4.15. The van der Waals surface area contributed by atoms with Gasteiger partial charge < -0.3 is 9.47 Å². The van der Waals surface area contributed by atoms with Gasteiger partial charge in [-0.1, -0.05) is 18.5 Å². The van der Waals surface area contributed by atoms with Crippen molar-refractivity contribution in [3.63, 3.8) is 0 Å². The molecule has 0 amide bonds. The summed E-state index contributed by atoms with van der Waals surface area (Å²) in [5, 5.41) is 0.686. The van der Waals surface area contributed by atoms with Crippen molar-refractivity contribution in [1.29, 1.82) is 0 Å². The van der Waals surface area contributed by atoms with Gasteiger partial charge in [0, 0.05) is 11.6 Å². The molecule has 0 aromatic heterocycles. The molecule has 0 aliphatic heterocycles. The van der Waals surface area contributed by atoms with Crippen LogP contribution in [-0.4, -0.2) is 44.2 Å². The molecule has 0 atom stereocenters. The summed E-state index contributed by atoms with van der Waals surface area (Å²) >= 11 is 5.80. The number of nitrogens with zero attached hydrogens (tertiary/aromatic N) is 1. The van der Waals surface area contributed by atoms with Crippen molar-refractivity contribution in [3.05, 3.63) is 29.3 Å². The predicted molar refractivity (Wildman–Crippen MR) is 75.7 cm³/mol. The first-order chi connectivity index (χ1) is 9.15. The van der Waals surface area contributed by atoms with Gasteiger partial charge in [-0.25, -0.2) is 0 Å². The smallest absolute Gasteiger partial charge is 0.319 e. The average molecular weight is 286 g/mol. The Labute approximate surface area is 119 Å². The molecule has 4 nitrogen and oxygen atoms in total. The quantitative estimate of drug-likeness (QED) is 0.688. The van der Waals surface area contributed by atoms with Gasteiger partial charge in [0.15, 0.2) is 0 Å². The van der Waals surface area contributed by atoms with E-state index in [1.807, 2.05) is 17.0 Å². The van der Waals surface area contributed by atoms with Gasteiger partial charge >= 0.3 is 5.97 Å². The maximum absolute atomic E-state index is 11.2. The fourth-order valence-corrected chi connectivity index (χ4v) is 1.78. The Balaban J connectivity index is 2.34. The number of methoxy groups -OCH3 is 1. The zero-order valence-electron chi connectivity index (χ0n) is 11.4. The van der Waals surface area contributed by atoms with Crippen molar-refractivity contribution in [2.45, 2.75) is 13.3 Å².